The standard InChI is InChI=1S/C18H28N4O2/c1-18(2,3)24-17(23)13-11-22(12-13)15-6-8-21(9-7-15)16-5-4-14(19)10-20-16/h4-5,10,13,15H,6-9,11-12,19H2,1-3H3. The molecule has 0 aromatic carbocycles. The molecule has 6 nitrogen and oxygen atoms in total. The summed E-state index contributed by atoms with van der Waals surface area (Å²) < 4.78 is 5.47. The summed E-state index contributed by atoms with van der Waals surface area (Å²) in [4.78, 5) is 21.2. The van der Waals surface area contributed by atoms with E-state index in [0.717, 1.165) is 44.8 Å². The molecule has 0 radical (unpaired) electrons. The van der Waals surface area contributed by atoms with Gasteiger partial charge in [0.1, 0.15) is 11.4 Å². The number of aromatic nitrogens is 1. The average Bonchev–Trinajstić information content (AvgIpc) is 2.45. The van der Waals surface area contributed by atoms with Gasteiger partial charge in [0.05, 0.1) is 17.8 Å². The van der Waals surface area contributed by atoms with Gasteiger partial charge in [-0.05, 0) is 45.7 Å². The Morgan fingerprint density at radius 1 is 1.25 bits per heavy atom. The summed E-state index contributed by atoms with van der Waals surface area (Å²) in [6.07, 6.45) is 3.92. The molecule has 2 saturated heterocycles. The van der Waals surface area contributed by atoms with Crippen molar-refractivity contribution in [3.63, 3.8) is 0 Å². The second-order valence-corrected chi connectivity index (χ2v) is 7.85. The SMILES string of the molecule is CC(C)(C)OC(=O)C1CN(C2CCN(c3ccc(N)cn3)CC2)C1. The van der Waals surface area contributed by atoms with E-state index >= 15 is 0 Å². The topological polar surface area (TPSA) is 71.7 Å². The Bertz CT molecular complexity index is 568. The number of nitrogens with zero attached hydrogens (tertiary/aromatic N) is 3. The number of carbonyl (C=O) groups is 1. The van der Waals surface area contributed by atoms with Crippen molar-refractivity contribution in [1.29, 1.82) is 0 Å². The van der Waals surface area contributed by atoms with E-state index in [0.29, 0.717) is 11.7 Å². The summed E-state index contributed by atoms with van der Waals surface area (Å²) in [5.41, 5.74) is 6.00. The van der Waals surface area contributed by atoms with Gasteiger partial charge < -0.3 is 15.4 Å². The van der Waals surface area contributed by atoms with Crippen LogP contribution >= 0.6 is 0 Å². The third-order valence-corrected chi connectivity index (χ3v) is 4.73. The highest BCUT2D eigenvalue weighted by molar-refractivity contribution is 5.74. The number of esters is 1. The number of nitrogens with two attached hydrogens (primary N) is 1. The van der Waals surface area contributed by atoms with Crippen molar-refractivity contribution in [2.75, 3.05) is 36.8 Å². The quantitative estimate of drug-likeness (QED) is 0.853. The maximum Gasteiger partial charge on any atom is 0.312 e. The first kappa shape index (κ1) is 17.0. The normalized spacial score (nSPS) is 20.7. The van der Waals surface area contributed by atoms with Crippen LogP contribution < -0.4 is 10.6 Å². The van der Waals surface area contributed by atoms with E-state index in [1.54, 1.807) is 6.20 Å². The molecule has 1 aromatic rings. The summed E-state index contributed by atoms with van der Waals surface area (Å²) in [6.45, 7) is 9.41. The lowest BCUT2D eigenvalue weighted by atomic mass is 9.93. The minimum absolute atomic E-state index is 0.0426. The van der Waals surface area contributed by atoms with E-state index in [9.17, 15) is 4.79 Å². The monoisotopic (exact) mass is 332 g/mol. The van der Waals surface area contributed by atoms with Crippen LogP contribution in [0.2, 0.25) is 0 Å². The van der Waals surface area contributed by atoms with Gasteiger partial charge >= 0.3 is 5.97 Å². The molecule has 0 bridgehead atoms. The van der Waals surface area contributed by atoms with Crippen LogP contribution in [-0.4, -0.2) is 53.7 Å². The van der Waals surface area contributed by atoms with E-state index < -0.39 is 5.60 Å². The number of carbonyl (C=O) groups excluding carboxylic acids is 1. The van der Waals surface area contributed by atoms with Crippen molar-refractivity contribution in [3.8, 4) is 0 Å². The van der Waals surface area contributed by atoms with Gasteiger partial charge in [-0.25, -0.2) is 4.98 Å². The van der Waals surface area contributed by atoms with Crippen LogP contribution in [-0.2, 0) is 9.53 Å². The Morgan fingerprint density at radius 3 is 2.46 bits per heavy atom. The first-order valence-corrected chi connectivity index (χ1v) is 8.75. The van der Waals surface area contributed by atoms with Gasteiger partial charge in [0.2, 0.25) is 0 Å². The third-order valence-electron chi connectivity index (χ3n) is 4.73. The Hall–Kier alpha value is -1.82. The minimum atomic E-state index is -0.394. The molecule has 3 rings (SSSR count). The largest absolute Gasteiger partial charge is 0.460 e. The molecule has 24 heavy (non-hydrogen) atoms. The van der Waals surface area contributed by atoms with Gasteiger partial charge in [0.25, 0.3) is 0 Å². The molecule has 6 heteroatoms. The first-order valence-electron chi connectivity index (χ1n) is 8.75. The van der Waals surface area contributed by atoms with E-state index in [1.807, 2.05) is 32.9 Å². The lowest BCUT2D eigenvalue weighted by Gasteiger charge is -2.46. The number of nitrogen functional groups attached to an aromatic ring is 1. The molecule has 2 N–H and O–H groups in total. The smallest absolute Gasteiger partial charge is 0.312 e. The van der Waals surface area contributed by atoms with Gasteiger partial charge in [-0.1, -0.05) is 0 Å². The van der Waals surface area contributed by atoms with Gasteiger partial charge in [0, 0.05) is 32.2 Å². The molecule has 2 fully saturated rings. The van der Waals surface area contributed by atoms with Crippen LogP contribution in [0.4, 0.5) is 11.5 Å². The van der Waals surface area contributed by atoms with Crippen molar-refractivity contribution < 1.29 is 9.53 Å². The van der Waals surface area contributed by atoms with Gasteiger partial charge in [-0.3, -0.25) is 9.69 Å². The summed E-state index contributed by atoms with van der Waals surface area (Å²) in [5, 5.41) is 0. The van der Waals surface area contributed by atoms with Crippen LogP contribution in [0.3, 0.4) is 0 Å². The molecule has 0 spiro atoms. The van der Waals surface area contributed by atoms with Crippen LogP contribution in [0.15, 0.2) is 18.3 Å². The van der Waals surface area contributed by atoms with E-state index in [-0.39, 0.29) is 11.9 Å². The molecule has 1 aromatic heterocycles. The number of rotatable bonds is 3. The van der Waals surface area contributed by atoms with Crippen LogP contribution in [0.5, 0.6) is 0 Å². The fraction of sp³-hybridized carbons (Fsp3) is 0.667. The molecular formula is C18H28N4O2. The fourth-order valence-corrected chi connectivity index (χ4v) is 3.39. The number of likely N-dealkylation sites (tertiary alicyclic amines) is 1. The van der Waals surface area contributed by atoms with Crippen molar-refractivity contribution in [2.45, 2.75) is 45.3 Å². The van der Waals surface area contributed by atoms with Gasteiger partial charge in [0.15, 0.2) is 0 Å². The van der Waals surface area contributed by atoms with Gasteiger partial charge in [-0.2, -0.15) is 0 Å². The maximum atomic E-state index is 12.1. The maximum absolute atomic E-state index is 12.1. The number of hydrogen-bond donors (Lipinski definition) is 1. The van der Waals surface area contributed by atoms with Crippen molar-refractivity contribution in [3.05, 3.63) is 18.3 Å². The second-order valence-electron chi connectivity index (χ2n) is 7.85. The highest BCUT2D eigenvalue weighted by atomic mass is 16.6. The van der Waals surface area contributed by atoms with Crippen LogP contribution in [0.25, 0.3) is 0 Å². The molecule has 2 aliphatic rings. The number of anilines is 2. The molecule has 0 saturated carbocycles. The lowest BCUT2D eigenvalue weighted by Crippen LogP contribution is -2.58. The number of pyridine rings is 1. The second kappa shape index (κ2) is 6.59. The summed E-state index contributed by atoms with van der Waals surface area (Å²) >= 11 is 0. The summed E-state index contributed by atoms with van der Waals surface area (Å²) in [5.74, 6) is 0.987. The molecular weight excluding hydrogens is 304 g/mol. The van der Waals surface area contributed by atoms with Crippen LogP contribution in [0.1, 0.15) is 33.6 Å². The summed E-state index contributed by atoms with van der Waals surface area (Å²) in [6, 6.07) is 4.45. The van der Waals surface area contributed by atoms with Crippen molar-refractivity contribution >= 4 is 17.5 Å². The number of hydrogen-bond acceptors (Lipinski definition) is 6. The zero-order valence-electron chi connectivity index (χ0n) is 14.9. The zero-order chi connectivity index (χ0) is 17.3. The average molecular weight is 332 g/mol. The van der Waals surface area contributed by atoms with E-state index in [1.165, 1.54) is 0 Å². The number of ether oxygens (including phenoxy) is 1. The molecule has 0 amide bonds. The molecule has 0 unspecified atom stereocenters. The molecule has 0 aliphatic carbocycles. The predicted octanol–water partition coefficient (Wildman–Crippen LogP) is 1.91. The van der Waals surface area contributed by atoms with Crippen molar-refractivity contribution in [1.82, 2.24) is 9.88 Å². The Morgan fingerprint density at radius 2 is 1.92 bits per heavy atom. The first-order chi connectivity index (χ1) is 11.3. The molecule has 2 aliphatic heterocycles. The molecule has 0 atom stereocenters. The highest BCUT2D eigenvalue weighted by Gasteiger charge is 2.39. The molecule has 132 valence electrons. The van der Waals surface area contributed by atoms with E-state index in [2.05, 4.69) is 14.8 Å². The van der Waals surface area contributed by atoms with Crippen LogP contribution in [0, 0.1) is 5.92 Å². The minimum Gasteiger partial charge on any atom is -0.460 e. The van der Waals surface area contributed by atoms with Crippen molar-refractivity contribution in [2.24, 2.45) is 5.92 Å². The fourth-order valence-electron chi connectivity index (χ4n) is 3.39. The zero-order valence-corrected chi connectivity index (χ0v) is 14.9. The van der Waals surface area contributed by atoms with Gasteiger partial charge in [-0.15, -0.1) is 0 Å². The third kappa shape index (κ3) is 3.98. The van der Waals surface area contributed by atoms with E-state index in [4.69, 9.17) is 10.5 Å². The predicted molar refractivity (Wildman–Crippen MR) is 94.8 cm³/mol. The lowest BCUT2D eigenvalue weighted by molar-refractivity contribution is -0.167. The molecule has 3 heterocycles. The Balaban J connectivity index is 1.44. The Labute approximate surface area is 144 Å². The number of piperidine rings is 1. The summed E-state index contributed by atoms with van der Waals surface area (Å²) in [7, 11) is 0. The Kier molecular flexibility index (Phi) is 4.67. The highest BCUT2D eigenvalue weighted by Crippen LogP contribution is 2.28.